The van der Waals surface area contributed by atoms with Crippen LogP contribution in [0.4, 0.5) is 0 Å². The number of aromatic nitrogens is 2. The average molecular weight is 256 g/mol. The van der Waals surface area contributed by atoms with Crippen LogP contribution >= 0.6 is 0 Å². The van der Waals surface area contributed by atoms with Gasteiger partial charge in [-0.15, -0.1) is 0 Å². The molecule has 2 heterocycles. The maximum Gasteiger partial charge on any atom is 0.194 e. The Morgan fingerprint density at radius 1 is 1.00 bits per heavy atom. The summed E-state index contributed by atoms with van der Waals surface area (Å²) < 4.78 is 11.1. The number of carbonyl (C=O) groups is 1. The van der Waals surface area contributed by atoms with Gasteiger partial charge < -0.3 is 9.47 Å². The van der Waals surface area contributed by atoms with Crippen LogP contribution in [-0.4, -0.2) is 29.2 Å². The van der Waals surface area contributed by atoms with Crippen LogP contribution in [0.3, 0.4) is 0 Å². The molecule has 1 aliphatic rings. The van der Waals surface area contributed by atoms with Crippen molar-refractivity contribution in [2.24, 2.45) is 0 Å². The Balaban J connectivity index is 1.94. The van der Waals surface area contributed by atoms with Gasteiger partial charge in [-0.3, -0.25) is 4.79 Å². The Labute approximate surface area is 110 Å². The van der Waals surface area contributed by atoms with Gasteiger partial charge in [-0.2, -0.15) is 10.2 Å². The predicted molar refractivity (Wildman–Crippen MR) is 67.5 cm³/mol. The first-order valence-electron chi connectivity index (χ1n) is 6.05. The average Bonchev–Trinajstić information content (AvgIpc) is 2.72. The Kier molecular flexibility index (Phi) is 3.10. The lowest BCUT2D eigenvalue weighted by Crippen LogP contribution is -2.03. The second-order valence-corrected chi connectivity index (χ2v) is 4.17. The van der Waals surface area contributed by atoms with E-state index in [0.717, 1.165) is 6.42 Å². The van der Waals surface area contributed by atoms with Crippen LogP contribution in [-0.2, 0) is 0 Å². The lowest BCUT2D eigenvalue weighted by Gasteiger charge is -2.08. The standard InChI is InChI=1S/C14H12N2O3/c17-14(11-4-5-15-16-9-11)10-2-3-12-13(8-10)19-7-1-6-18-12/h2-5,8-9H,1,6-7H2. The third-order valence-corrected chi connectivity index (χ3v) is 2.86. The first-order valence-corrected chi connectivity index (χ1v) is 6.05. The van der Waals surface area contributed by atoms with Crippen molar-refractivity contribution in [1.82, 2.24) is 10.2 Å². The Morgan fingerprint density at radius 3 is 2.63 bits per heavy atom. The van der Waals surface area contributed by atoms with Gasteiger partial charge >= 0.3 is 0 Å². The molecular formula is C14H12N2O3. The Hall–Kier alpha value is -2.43. The van der Waals surface area contributed by atoms with Crippen LogP contribution in [0.5, 0.6) is 11.5 Å². The molecule has 0 atom stereocenters. The fraction of sp³-hybridized carbons (Fsp3) is 0.214. The highest BCUT2D eigenvalue weighted by molar-refractivity contribution is 6.09. The van der Waals surface area contributed by atoms with E-state index in [1.807, 2.05) is 0 Å². The van der Waals surface area contributed by atoms with Crippen LogP contribution in [0.15, 0.2) is 36.7 Å². The Morgan fingerprint density at radius 2 is 1.84 bits per heavy atom. The number of ether oxygens (including phenoxy) is 2. The molecule has 2 aromatic rings. The van der Waals surface area contributed by atoms with E-state index < -0.39 is 0 Å². The molecule has 3 rings (SSSR count). The van der Waals surface area contributed by atoms with Crippen LogP contribution in [0.2, 0.25) is 0 Å². The van der Waals surface area contributed by atoms with Crippen LogP contribution < -0.4 is 9.47 Å². The molecule has 19 heavy (non-hydrogen) atoms. The molecule has 0 saturated carbocycles. The fourth-order valence-corrected chi connectivity index (χ4v) is 1.90. The van der Waals surface area contributed by atoms with Crippen molar-refractivity contribution in [2.75, 3.05) is 13.2 Å². The molecule has 0 aliphatic carbocycles. The number of hydrogen-bond acceptors (Lipinski definition) is 5. The van der Waals surface area contributed by atoms with Gasteiger partial charge in [-0.25, -0.2) is 0 Å². The SMILES string of the molecule is O=C(c1ccnnc1)c1ccc2c(c1)OCCCO2. The molecule has 96 valence electrons. The number of carbonyl (C=O) groups excluding carboxylic acids is 1. The molecule has 1 aliphatic heterocycles. The third kappa shape index (κ3) is 2.40. The molecule has 0 radical (unpaired) electrons. The zero-order valence-electron chi connectivity index (χ0n) is 10.2. The molecule has 0 amide bonds. The first-order chi connectivity index (χ1) is 9.34. The summed E-state index contributed by atoms with van der Waals surface area (Å²) in [5.74, 6) is 1.19. The highest BCUT2D eigenvalue weighted by Gasteiger charge is 2.15. The van der Waals surface area contributed by atoms with E-state index in [9.17, 15) is 4.79 Å². The summed E-state index contributed by atoms with van der Waals surface area (Å²) in [7, 11) is 0. The van der Waals surface area contributed by atoms with Gasteiger partial charge in [0.1, 0.15) is 0 Å². The van der Waals surface area contributed by atoms with Gasteiger partial charge in [0.25, 0.3) is 0 Å². The van der Waals surface area contributed by atoms with Crippen molar-refractivity contribution in [2.45, 2.75) is 6.42 Å². The first kappa shape index (κ1) is 11.6. The van der Waals surface area contributed by atoms with E-state index in [4.69, 9.17) is 9.47 Å². The molecule has 5 nitrogen and oxygen atoms in total. The fourth-order valence-electron chi connectivity index (χ4n) is 1.90. The summed E-state index contributed by atoms with van der Waals surface area (Å²) >= 11 is 0. The van der Waals surface area contributed by atoms with Crippen LogP contribution in [0.1, 0.15) is 22.3 Å². The van der Waals surface area contributed by atoms with Crippen molar-refractivity contribution in [3.63, 3.8) is 0 Å². The van der Waals surface area contributed by atoms with E-state index in [1.54, 1.807) is 24.3 Å². The lowest BCUT2D eigenvalue weighted by atomic mass is 10.1. The van der Waals surface area contributed by atoms with Gasteiger partial charge in [0, 0.05) is 17.5 Å². The lowest BCUT2D eigenvalue weighted by molar-refractivity contribution is 0.103. The normalized spacial score (nSPS) is 13.7. The summed E-state index contributed by atoms with van der Waals surface area (Å²) in [6.07, 6.45) is 3.79. The second-order valence-electron chi connectivity index (χ2n) is 4.17. The van der Waals surface area contributed by atoms with Gasteiger partial charge in [0.05, 0.1) is 25.6 Å². The van der Waals surface area contributed by atoms with Crippen LogP contribution in [0.25, 0.3) is 0 Å². The minimum absolute atomic E-state index is 0.106. The predicted octanol–water partition coefficient (Wildman–Crippen LogP) is 1.87. The quantitative estimate of drug-likeness (QED) is 0.767. The number of fused-ring (bicyclic) bond motifs is 1. The number of benzene rings is 1. The highest BCUT2D eigenvalue weighted by atomic mass is 16.5. The molecule has 0 unspecified atom stereocenters. The number of rotatable bonds is 2. The smallest absolute Gasteiger partial charge is 0.194 e. The maximum absolute atomic E-state index is 12.3. The molecule has 0 bridgehead atoms. The van der Waals surface area contributed by atoms with E-state index in [1.165, 1.54) is 12.4 Å². The minimum atomic E-state index is -0.106. The summed E-state index contributed by atoms with van der Waals surface area (Å²) in [5, 5.41) is 7.36. The number of nitrogens with zero attached hydrogens (tertiary/aromatic N) is 2. The highest BCUT2D eigenvalue weighted by Crippen LogP contribution is 2.31. The monoisotopic (exact) mass is 256 g/mol. The summed E-state index contributed by atoms with van der Waals surface area (Å²) in [5.41, 5.74) is 1.06. The van der Waals surface area contributed by atoms with Crippen molar-refractivity contribution in [1.29, 1.82) is 0 Å². The zero-order chi connectivity index (χ0) is 13.1. The van der Waals surface area contributed by atoms with E-state index >= 15 is 0 Å². The molecule has 0 N–H and O–H groups in total. The molecule has 0 fully saturated rings. The van der Waals surface area contributed by atoms with E-state index in [-0.39, 0.29) is 5.78 Å². The van der Waals surface area contributed by atoms with Gasteiger partial charge in [-0.05, 0) is 24.3 Å². The van der Waals surface area contributed by atoms with Crippen molar-refractivity contribution in [3.8, 4) is 11.5 Å². The van der Waals surface area contributed by atoms with Gasteiger partial charge in [-0.1, -0.05) is 0 Å². The van der Waals surface area contributed by atoms with Gasteiger partial charge in [0.15, 0.2) is 17.3 Å². The van der Waals surface area contributed by atoms with Crippen molar-refractivity contribution >= 4 is 5.78 Å². The molecule has 0 saturated heterocycles. The number of ketones is 1. The summed E-state index contributed by atoms with van der Waals surface area (Å²) in [6.45, 7) is 1.23. The second kappa shape index (κ2) is 5.06. The number of hydrogen-bond donors (Lipinski definition) is 0. The van der Waals surface area contributed by atoms with E-state index in [0.29, 0.717) is 35.8 Å². The summed E-state index contributed by atoms with van der Waals surface area (Å²) in [4.78, 5) is 12.3. The largest absolute Gasteiger partial charge is 0.490 e. The molecule has 5 heteroatoms. The minimum Gasteiger partial charge on any atom is -0.490 e. The van der Waals surface area contributed by atoms with Crippen molar-refractivity contribution in [3.05, 3.63) is 47.8 Å². The maximum atomic E-state index is 12.3. The molecular weight excluding hydrogens is 244 g/mol. The van der Waals surface area contributed by atoms with Gasteiger partial charge in [0.2, 0.25) is 0 Å². The zero-order valence-corrected chi connectivity index (χ0v) is 10.2. The Bertz CT molecular complexity index is 599. The molecule has 1 aromatic carbocycles. The van der Waals surface area contributed by atoms with Crippen LogP contribution in [0, 0.1) is 0 Å². The summed E-state index contributed by atoms with van der Waals surface area (Å²) in [6, 6.07) is 6.85. The molecule has 1 aromatic heterocycles. The topological polar surface area (TPSA) is 61.3 Å². The van der Waals surface area contributed by atoms with Crippen molar-refractivity contribution < 1.29 is 14.3 Å². The molecule has 0 spiro atoms. The van der Waals surface area contributed by atoms with E-state index in [2.05, 4.69) is 10.2 Å². The third-order valence-electron chi connectivity index (χ3n) is 2.86.